The van der Waals surface area contributed by atoms with Crippen molar-refractivity contribution in [2.24, 2.45) is 11.5 Å². The second-order valence-corrected chi connectivity index (χ2v) is 5.72. The van der Waals surface area contributed by atoms with E-state index in [2.05, 4.69) is 10.2 Å². The second kappa shape index (κ2) is 8.15. The maximum atomic E-state index is 11.4. The molecule has 0 unspecified atom stereocenters. The van der Waals surface area contributed by atoms with E-state index in [9.17, 15) is 14.4 Å². The van der Waals surface area contributed by atoms with Crippen LogP contribution in [0.15, 0.2) is 28.0 Å². The average Bonchev–Trinajstić information content (AvgIpc) is 3.13. The van der Waals surface area contributed by atoms with E-state index >= 15 is 0 Å². The van der Waals surface area contributed by atoms with Crippen molar-refractivity contribution in [1.82, 2.24) is 20.1 Å². The minimum Gasteiger partial charge on any atom is -0.461 e. The number of imide groups is 1. The summed E-state index contributed by atoms with van der Waals surface area (Å²) in [6.07, 6.45) is 1.69. The van der Waals surface area contributed by atoms with Crippen LogP contribution in [0.1, 0.15) is 12.8 Å². The number of rotatable bonds is 8. The van der Waals surface area contributed by atoms with Gasteiger partial charge in [-0.2, -0.15) is 0 Å². The van der Waals surface area contributed by atoms with Crippen molar-refractivity contribution >= 4 is 29.6 Å². The smallest absolute Gasteiger partial charge is 0.318 e. The van der Waals surface area contributed by atoms with Crippen LogP contribution in [0.2, 0.25) is 0 Å². The molecule has 5 N–H and O–H groups in total. The lowest BCUT2D eigenvalue weighted by molar-refractivity contribution is -0.119. The topological polar surface area (TPSA) is 159 Å². The summed E-state index contributed by atoms with van der Waals surface area (Å²) in [6, 6.07) is 2.54. The predicted molar refractivity (Wildman–Crippen MR) is 84.6 cm³/mol. The summed E-state index contributed by atoms with van der Waals surface area (Å²) in [5.74, 6) is 0.386. The molecule has 2 heterocycles. The number of nitrogens with one attached hydrogen (secondary N) is 1. The lowest BCUT2D eigenvalue weighted by Crippen LogP contribution is -2.35. The van der Waals surface area contributed by atoms with Gasteiger partial charge in [0.2, 0.25) is 11.8 Å². The van der Waals surface area contributed by atoms with Crippen LogP contribution in [0.3, 0.4) is 0 Å². The molecular weight excluding hydrogens is 336 g/mol. The summed E-state index contributed by atoms with van der Waals surface area (Å²) < 4.78 is 7.00. The molecule has 128 valence electrons. The lowest BCUT2D eigenvalue weighted by atomic mass is 10.3. The van der Waals surface area contributed by atoms with Gasteiger partial charge in [-0.15, -0.1) is 10.2 Å². The number of hydrogen-bond acceptors (Lipinski definition) is 7. The Labute approximate surface area is 141 Å². The van der Waals surface area contributed by atoms with E-state index in [0.29, 0.717) is 22.5 Å². The average molecular weight is 352 g/mol. The van der Waals surface area contributed by atoms with Gasteiger partial charge in [0.1, 0.15) is 0 Å². The van der Waals surface area contributed by atoms with Crippen LogP contribution in [0, 0.1) is 0 Å². The Hall–Kier alpha value is -2.82. The van der Waals surface area contributed by atoms with E-state index in [4.69, 9.17) is 15.9 Å². The molecule has 2 rings (SSSR count). The zero-order valence-corrected chi connectivity index (χ0v) is 13.4. The Balaban J connectivity index is 2.07. The Bertz CT molecular complexity index is 727. The van der Waals surface area contributed by atoms with Crippen molar-refractivity contribution in [3.63, 3.8) is 0 Å². The fourth-order valence-corrected chi connectivity index (χ4v) is 2.74. The third kappa shape index (κ3) is 4.84. The molecular formula is C13H16N6O4S. The molecule has 4 amide bonds. The third-order valence-corrected chi connectivity index (χ3v) is 3.83. The maximum absolute atomic E-state index is 11.4. The predicted octanol–water partition coefficient (Wildman–Crippen LogP) is 0.0906. The van der Waals surface area contributed by atoms with Crippen LogP contribution in [0.25, 0.3) is 11.6 Å². The zero-order valence-electron chi connectivity index (χ0n) is 12.6. The summed E-state index contributed by atoms with van der Waals surface area (Å²) in [5.41, 5.74) is 10.1. The molecule has 0 aliphatic heterocycles. The standard InChI is InChI=1S/C13H16N6O4S/c14-9(20)3-5-19-11(8-2-1-6-23-8)17-18-13(19)24-7-4-10(21)16-12(15)22/h1-2,6H,3-5,7H2,(H2,14,20)(H3,15,16,21,22). The SMILES string of the molecule is NC(=O)CCn1c(SCCC(=O)NC(N)=O)nnc1-c1ccco1. The first-order chi connectivity index (χ1) is 11.5. The molecule has 0 aliphatic carbocycles. The molecule has 10 nitrogen and oxygen atoms in total. The highest BCUT2D eigenvalue weighted by Gasteiger charge is 2.17. The Morgan fingerprint density at radius 1 is 1.25 bits per heavy atom. The van der Waals surface area contributed by atoms with Gasteiger partial charge >= 0.3 is 6.03 Å². The number of furan rings is 1. The van der Waals surface area contributed by atoms with E-state index in [-0.39, 0.29) is 19.4 Å². The first kappa shape index (κ1) is 17.5. The lowest BCUT2D eigenvalue weighted by Gasteiger charge is -2.07. The number of primary amides is 2. The van der Waals surface area contributed by atoms with Crippen LogP contribution in [0.5, 0.6) is 0 Å². The van der Waals surface area contributed by atoms with Crippen molar-refractivity contribution < 1.29 is 18.8 Å². The second-order valence-electron chi connectivity index (χ2n) is 4.66. The number of hydrogen-bond donors (Lipinski definition) is 3. The normalized spacial score (nSPS) is 10.5. The first-order valence-electron chi connectivity index (χ1n) is 6.95. The molecule has 0 fully saturated rings. The molecule has 0 aliphatic rings. The van der Waals surface area contributed by atoms with Gasteiger partial charge in [-0.05, 0) is 12.1 Å². The molecule has 0 spiro atoms. The molecule has 0 saturated carbocycles. The molecule has 2 aromatic rings. The Kier molecular flexibility index (Phi) is 5.95. The Morgan fingerprint density at radius 3 is 2.67 bits per heavy atom. The molecule has 0 aromatic carbocycles. The van der Waals surface area contributed by atoms with E-state index in [0.717, 1.165) is 0 Å². The van der Waals surface area contributed by atoms with Crippen LogP contribution in [-0.2, 0) is 16.1 Å². The molecule has 0 atom stereocenters. The van der Waals surface area contributed by atoms with Gasteiger partial charge in [0.25, 0.3) is 0 Å². The van der Waals surface area contributed by atoms with Crippen LogP contribution >= 0.6 is 11.8 Å². The molecule has 2 aromatic heterocycles. The van der Waals surface area contributed by atoms with Crippen LogP contribution in [-0.4, -0.2) is 38.4 Å². The van der Waals surface area contributed by atoms with E-state index in [1.54, 1.807) is 16.7 Å². The molecule has 24 heavy (non-hydrogen) atoms. The minimum absolute atomic E-state index is 0.0758. The highest BCUT2D eigenvalue weighted by atomic mass is 32.2. The fraction of sp³-hybridized carbons (Fsp3) is 0.308. The monoisotopic (exact) mass is 352 g/mol. The highest BCUT2D eigenvalue weighted by molar-refractivity contribution is 7.99. The molecule has 0 bridgehead atoms. The molecule has 0 saturated heterocycles. The zero-order chi connectivity index (χ0) is 17.5. The maximum Gasteiger partial charge on any atom is 0.318 e. The van der Waals surface area contributed by atoms with Gasteiger partial charge in [-0.25, -0.2) is 4.79 Å². The van der Waals surface area contributed by atoms with Crippen LogP contribution < -0.4 is 16.8 Å². The van der Waals surface area contributed by atoms with Crippen molar-refractivity contribution in [3.8, 4) is 11.6 Å². The fourth-order valence-electron chi connectivity index (χ4n) is 1.84. The number of nitrogens with zero attached hydrogens (tertiary/aromatic N) is 3. The van der Waals surface area contributed by atoms with Crippen LogP contribution in [0.4, 0.5) is 4.79 Å². The largest absolute Gasteiger partial charge is 0.461 e. The summed E-state index contributed by atoms with van der Waals surface area (Å²) in [7, 11) is 0. The van der Waals surface area contributed by atoms with Gasteiger partial charge < -0.3 is 15.9 Å². The third-order valence-electron chi connectivity index (χ3n) is 2.86. The van der Waals surface area contributed by atoms with Crippen molar-refractivity contribution in [1.29, 1.82) is 0 Å². The first-order valence-corrected chi connectivity index (χ1v) is 7.93. The van der Waals surface area contributed by atoms with Crippen molar-refractivity contribution in [3.05, 3.63) is 18.4 Å². The van der Waals surface area contributed by atoms with Gasteiger partial charge in [0.05, 0.1) is 6.26 Å². The number of amides is 4. The number of carbonyl (C=O) groups excluding carboxylic acids is 3. The van der Waals surface area contributed by atoms with Crippen molar-refractivity contribution in [2.75, 3.05) is 5.75 Å². The highest BCUT2D eigenvalue weighted by Crippen LogP contribution is 2.25. The summed E-state index contributed by atoms with van der Waals surface area (Å²) in [6.45, 7) is 0.286. The van der Waals surface area contributed by atoms with Gasteiger partial charge in [-0.3, -0.25) is 19.5 Å². The van der Waals surface area contributed by atoms with Gasteiger partial charge in [0.15, 0.2) is 16.7 Å². The molecule has 11 heteroatoms. The number of urea groups is 1. The van der Waals surface area contributed by atoms with Gasteiger partial charge in [0, 0.05) is 25.1 Å². The number of carbonyl (C=O) groups is 3. The van der Waals surface area contributed by atoms with Gasteiger partial charge in [-0.1, -0.05) is 11.8 Å². The van der Waals surface area contributed by atoms with E-state index < -0.39 is 17.8 Å². The van der Waals surface area contributed by atoms with E-state index in [1.165, 1.54) is 18.0 Å². The number of nitrogens with two attached hydrogens (primary N) is 2. The minimum atomic E-state index is -0.894. The number of thioether (sulfide) groups is 1. The quantitative estimate of drug-likeness (QED) is 0.567. The van der Waals surface area contributed by atoms with E-state index in [1.807, 2.05) is 5.32 Å². The Morgan fingerprint density at radius 2 is 2.04 bits per heavy atom. The summed E-state index contributed by atoms with van der Waals surface area (Å²) in [4.78, 5) is 33.0. The number of aromatic nitrogens is 3. The summed E-state index contributed by atoms with van der Waals surface area (Å²) in [5, 5.41) is 10.6. The summed E-state index contributed by atoms with van der Waals surface area (Å²) >= 11 is 1.25. The van der Waals surface area contributed by atoms with Crippen molar-refractivity contribution in [2.45, 2.75) is 24.5 Å². The molecule has 0 radical (unpaired) electrons.